The van der Waals surface area contributed by atoms with Gasteiger partial charge in [0.2, 0.25) is 0 Å². The monoisotopic (exact) mass is 212 g/mol. The van der Waals surface area contributed by atoms with E-state index in [1.54, 1.807) is 6.26 Å². The molecule has 0 amide bonds. The molecule has 0 spiro atoms. The van der Waals surface area contributed by atoms with Crippen LogP contribution in [0.1, 0.15) is 24.8 Å². The molecule has 1 aromatic heterocycles. The van der Waals surface area contributed by atoms with Gasteiger partial charge in [0.15, 0.2) is 5.43 Å². The topological polar surface area (TPSA) is 30.2 Å². The molecule has 0 aliphatic heterocycles. The van der Waals surface area contributed by atoms with Crippen LogP contribution in [-0.4, -0.2) is 0 Å². The van der Waals surface area contributed by atoms with Gasteiger partial charge in [-0.3, -0.25) is 4.79 Å². The van der Waals surface area contributed by atoms with Crippen molar-refractivity contribution in [2.45, 2.75) is 19.3 Å². The smallest absolute Gasteiger partial charge is 0.200 e. The third-order valence-electron chi connectivity index (χ3n) is 3.07. The summed E-state index contributed by atoms with van der Waals surface area (Å²) in [6, 6.07) is 7.38. The first kappa shape index (κ1) is 9.40. The average Bonchev–Trinajstić information content (AvgIpc) is 2.83. The molecule has 80 valence electrons. The molecule has 2 nitrogen and oxygen atoms in total. The van der Waals surface area contributed by atoms with Gasteiger partial charge in [0.25, 0.3) is 0 Å². The molecule has 0 saturated heterocycles. The summed E-state index contributed by atoms with van der Waals surface area (Å²) in [7, 11) is 0. The van der Waals surface area contributed by atoms with E-state index in [1.807, 2.05) is 24.3 Å². The van der Waals surface area contributed by atoms with Gasteiger partial charge in [0, 0.05) is 0 Å². The first-order chi connectivity index (χ1) is 7.86. The van der Waals surface area contributed by atoms with Crippen molar-refractivity contribution in [3.8, 4) is 0 Å². The maximum Gasteiger partial charge on any atom is 0.200 e. The summed E-state index contributed by atoms with van der Waals surface area (Å²) in [5.41, 5.74) is 2.63. The van der Waals surface area contributed by atoms with Gasteiger partial charge in [-0.25, -0.2) is 0 Å². The van der Waals surface area contributed by atoms with E-state index in [0.717, 1.165) is 30.4 Å². The molecule has 0 unspecified atom stereocenters. The van der Waals surface area contributed by atoms with Crippen LogP contribution in [0.3, 0.4) is 0 Å². The summed E-state index contributed by atoms with van der Waals surface area (Å²) in [4.78, 5) is 12.2. The normalized spacial score (nSPS) is 15.4. The second kappa shape index (κ2) is 3.63. The zero-order valence-corrected chi connectivity index (χ0v) is 8.90. The zero-order valence-electron chi connectivity index (χ0n) is 8.90. The van der Waals surface area contributed by atoms with Crippen LogP contribution in [0.5, 0.6) is 0 Å². The number of hydrogen-bond donors (Lipinski definition) is 0. The van der Waals surface area contributed by atoms with Crippen molar-refractivity contribution in [2.75, 3.05) is 0 Å². The second-order valence-corrected chi connectivity index (χ2v) is 4.10. The maximum atomic E-state index is 12.2. The highest BCUT2D eigenvalue weighted by molar-refractivity contribution is 5.80. The van der Waals surface area contributed by atoms with Crippen LogP contribution in [0, 0.1) is 0 Å². The third kappa shape index (κ3) is 1.38. The first-order valence-electron chi connectivity index (χ1n) is 5.56. The van der Waals surface area contributed by atoms with Gasteiger partial charge in [0.05, 0.1) is 10.9 Å². The Bertz CT molecular complexity index is 620. The predicted molar refractivity (Wildman–Crippen MR) is 64.3 cm³/mol. The molecule has 3 rings (SSSR count). The summed E-state index contributed by atoms with van der Waals surface area (Å²) in [6.07, 6.45) is 6.94. The van der Waals surface area contributed by atoms with E-state index in [-0.39, 0.29) is 5.43 Å². The van der Waals surface area contributed by atoms with E-state index in [4.69, 9.17) is 4.42 Å². The Hall–Kier alpha value is -1.83. The fourth-order valence-corrected chi connectivity index (χ4v) is 2.22. The fourth-order valence-electron chi connectivity index (χ4n) is 2.22. The number of fused-ring (bicyclic) bond motifs is 1. The lowest BCUT2D eigenvalue weighted by Crippen LogP contribution is -2.07. The number of rotatable bonds is 1. The summed E-state index contributed by atoms with van der Waals surface area (Å²) in [5, 5.41) is 0.674. The van der Waals surface area contributed by atoms with Crippen molar-refractivity contribution in [3.63, 3.8) is 0 Å². The molecule has 0 bridgehead atoms. The minimum Gasteiger partial charge on any atom is -0.463 e. The lowest BCUT2D eigenvalue weighted by Gasteiger charge is -2.02. The Labute approximate surface area is 93.2 Å². The fraction of sp³-hybridized carbons (Fsp3) is 0.214. The summed E-state index contributed by atoms with van der Waals surface area (Å²) >= 11 is 0. The molecule has 2 aromatic rings. The van der Waals surface area contributed by atoms with Crippen LogP contribution < -0.4 is 5.43 Å². The van der Waals surface area contributed by atoms with Crippen LogP contribution in [0.25, 0.3) is 16.5 Å². The highest BCUT2D eigenvalue weighted by Gasteiger charge is 2.13. The molecule has 1 heterocycles. The molecular formula is C14H12O2. The number of benzene rings is 1. The van der Waals surface area contributed by atoms with Crippen LogP contribution in [-0.2, 0) is 0 Å². The largest absolute Gasteiger partial charge is 0.463 e. The minimum absolute atomic E-state index is 0.0926. The Morgan fingerprint density at radius 2 is 2.06 bits per heavy atom. The van der Waals surface area contributed by atoms with Gasteiger partial charge in [-0.15, -0.1) is 0 Å². The van der Waals surface area contributed by atoms with Gasteiger partial charge in [-0.05, 0) is 37.0 Å². The SMILES string of the molecule is O=c1c(C2=CCCC2)coc2ccccc12. The molecule has 0 N–H and O–H groups in total. The molecule has 2 heteroatoms. The van der Waals surface area contributed by atoms with Gasteiger partial charge < -0.3 is 4.42 Å². The van der Waals surface area contributed by atoms with Crippen molar-refractivity contribution < 1.29 is 4.42 Å². The summed E-state index contributed by atoms with van der Waals surface area (Å²) in [5.74, 6) is 0. The van der Waals surface area contributed by atoms with Crippen LogP contribution >= 0.6 is 0 Å². The van der Waals surface area contributed by atoms with Gasteiger partial charge in [-0.1, -0.05) is 18.2 Å². The third-order valence-corrected chi connectivity index (χ3v) is 3.07. The maximum absolute atomic E-state index is 12.2. The Morgan fingerprint density at radius 1 is 1.19 bits per heavy atom. The molecule has 0 radical (unpaired) electrons. The Morgan fingerprint density at radius 3 is 2.88 bits per heavy atom. The van der Waals surface area contributed by atoms with Crippen LogP contribution in [0.2, 0.25) is 0 Å². The van der Waals surface area contributed by atoms with E-state index in [0.29, 0.717) is 11.0 Å². The van der Waals surface area contributed by atoms with E-state index >= 15 is 0 Å². The number of hydrogen-bond acceptors (Lipinski definition) is 2. The highest BCUT2D eigenvalue weighted by Crippen LogP contribution is 2.26. The van der Waals surface area contributed by atoms with Crippen molar-refractivity contribution in [1.29, 1.82) is 0 Å². The molecular weight excluding hydrogens is 200 g/mol. The Balaban J connectivity index is 2.28. The quantitative estimate of drug-likeness (QED) is 0.725. The zero-order chi connectivity index (χ0) is 11.0. The van der Waals surface area contributed by atoms with E-state index < -0.39 is 0 Å². The average molecular weight is 212 g/mol. The molecule has 16 heavy (non-hydrogen) atoms. The molecule has 1 aliphatic carbocycles. The van der Waals surface area contributed by atoms with Gasteiger partial charge >= 0.3 is 0 Å². The van der Waals surface area contributed by atoms with E-state index in [9.17, 15) is 4.79 Å². The van der Waals surface area contributed by atoms with E-state index in [1.165, 1.54) is 0 Å². The van der Waals surface area contributed by atoms with Gasteiger partial charge in [-0.2, -0.15) is 0 Å². The minimum atomic E-state index is 0.0926. The van der Waals surface area contributed by atoms with Crippen molar-refractivity contribution in [2.24, 2.45) is 0 Å². The van der Waals surface area contributed by atoms with Crippen molar-refractivity contribution in [3.05, 3.63) is 52.4 Å². The lowest BCUT2D eigenvalue weighted by atomic mass is 10.1. The first-order valence-corrected chi connectivity index (χ1v) is 5.56. The lowest BCUT2D eigenvalue weighted by molar-refractivity contribution is 0.600. The molecule has 0 saturated carbocycles. The van der Waals surface area contributed by atoms with Crippen LogP contribution in [0.15, 0.2) is 45.8 Å². The predicted octanol–water partition coefficient (Wildman–Crippen LogP) is 3.36. The molecule has 0 atom stereocenters. The standard InChI is InChI=1S/C14H12O2/c15-14-11-7-3-4-8-13(11)16-9-12(14)10-5-1-2-6-10/h3-5,7-9H,1-2,6H2. The second-order valence-electron chi connectivity index (χ2n) is 4.10. The number of allylic oxidation sites excluding steroid dienone is 2. The van der Waals surface area contributed by atoms with Crippen molar-refractivity contribution in [1.82, 2.24) is 0 Å². The van der Waals surface area contributed by atoms with Crippen LogP contribution in [0.4, 0.5) is 0 Å². The van der Waals surface area contributed by atoms with Crippen molar-refractivity contribution >= 4 is 16.5 Å². The molecule has 1 aromatic carbocycles. The molecule has 1 aliphatic rings. The summed E-state index contributed by atoms with van der Waals surface area (Å²) in [6.45, 7) is 0. The highest BCUT2D eigenvalue weighted by atomic mass is 16.3. The van der Waals surface area contributed by atoms with Gasteiger partial charge in [0.1, 0.15) is 11.8 Å². The number of para-hydroxylation sites is 1. The summed E-state index contributed by atoms with van der Waals surface area (Å²) < 4.78 is 5.50. The molecule has 0 fully saturated rings. The Kier molecular flexibility index (Phi) is 2.13. The van der Waals surface area contributed by atoms with E-state index in [2.05, 4.69) is 6.08 Å².